The number of nitrogens with one attached hydrogen (secondary N) is 3. The number of anilines is 1. The fourth-order valence-electron chi connectivity index (χ4n) is 6.68. The highest BCUT2D eigenvalue weighted by atomic mass is 32.1. The average molecular weight is 670 g/mol. The highest BCUT2D eigenvalue weighted by molar-refractivity contribution is 7.16. The van der Waals surface area contributed by atoms with E-state index in [0.717, 1.165) is 90.0 Å². The Morgan fingerprint density at radius 2 is 1.79 bits per heavy atom. The van der Waals surface area contributed by atoms with Crippen molar-refractivity contribution in [1.82, 2.24) is 20.2 Å². The van der Waals surface area contributed by atoms with Gasteiger partial charge in [-0.1, -0.05) is 79.1 Å². The summed E-state index contributed by atoms with van der Waals surface area (Å²) in [5, 5.41) is 28.4. The van der Waals surface area contributed by atoms with Gasteiger partial charge in [0, 0.05) is 11.6 Å². The molecule has 3 aromatic carbocycles. The van der Waals surface area contributed by atoms with Crippen LogP contribution in [0.3, 0.4) is 0 Å². The minimum Gasteiger partial charge on any atom is -0.506 e. The molecule has 1 aliphatic carbocycles. The number of amides is 1. The van der Waals surface area contributed by atoms with E-state index in [-0.39, 0.29) is 29.0 Å². The molecule has 0 bridgehead atoms. The molecule has 0 spiro atoms. The van der Waals surface area contributed by atoms with Crippen LogP contribution in [-0.2, 0) is 29.8 Å². The van der Waals surface area contributed by atoms with Gasteiger partial charge in [0.1, 0.15) is 17.0 Å². The lowest BCUT2D eigenvalue weighted by Crippen LogP contribution is -2.38. The van der Waals surface area contributed by atoms with E-state index in [1.54, 1.807) is 12.3 Å². The Kier molecular flexibility index (Phi) is 10.7. The van der Waals surface area contributed by atoms with E-state index in [0.29, 0.717) is 23.7 Å². The topological polar surface area (TPSA) is 144 Å². The Balaban J connectivity index is 0.955. The number of fused-ring (bicyclic) bond motifs is 1. The van der Waals surface area contributed by atoms with Gasteiger partial charge in [-0.15, -0.1) is 0 Å². The molecule has 10 nitrogen and oxygen atoms in total. The van der Waals surface area contributed by atoms with Crippen LogP contribution in [0.2, 0.25) is 0 Å². The smallest absolute Gasteiger partial charge is 0.305 e. The molecular weight excluding hydrogens is 627 g/mol. The zero-order valence-electron chi connectivity index (χ0n) is 27.2. The molecule has 252 valence electrons. The van der Waals surface area contributed by atoms with Crippen molar-refractivity contribution in [2.75, 3.05) is 32.0 Å². The number of aromatic nitrogens is 2. The lowest BCUT2D eigenvalue weighted by molar-refractivity contribution is -0.117. The molecule has 0 saturated heterocycles. The van der Waals surface area contributed by atoms with E-state index < -0.39 is 5.60 Å². The molecular formula is C37H43N5O5S. The van der Waals surface area contributed by atoms with Crippen LogP contribution in [0.1, 0.15) is 60.4 Å². The Morgan fingerprint density at radius 1 is 1.04 bits per heavy atom. The van der Waals surface area contributed by atoms with Gasteiger partial charge >= 0.3 is 4.87 Å². The minimum absolute atomic E-state index is 0.0367. The van der Waals surface area contributed by atoms with Crippen molar-refractivity contribution >= 4 is 33.1 Å². The van der Waals surface area contributed by atoms with Gasteiger partial charge in [-0.3, -0.25) is 14.5 Å². The molecule has 1 saturated carbocycles. The first kappa shape index (κ1) is 33.6. The zero-order chi connectivity index (χ0) is 33.5. The summed E-state index contributed by atoms with van der Waals surface area (Å²) < 4.78 is 6.98. The molecule has 11 heteroatoms. The van der Waals surface area contributed by atoms with Gasteiger partial charge in [-0.25, -0.2) is 4.98 Å². The maximum Gasteiger partial charge on any atom is 0.305 e. The van der Waals surface area contributed by atoms with Gasteiger partial charge in [0.15, 0.2) is 5.60 Å². The van der Waals surface area contributed by atoms with Crippen LogP contribution in [0.15, 0.2) is 82.1 Å². The number of rotatable bonds is 14. The summed E-state index contributed by atoms with van der Waals surface area (Å²) in [6.45, 7) is 2.08. The number of thiazole rings is 1. The molecule has 1 aliphatic rings. The van der Waals surface area contributed by atoms with Crippen molar-refractivity contribution in [3.05, 3.63) is 111 Å². The third-order valence-corrected chi connectivity index (χ3v) is 10.1. The van der Waals surface area contributed by atoms with E-state index in [9.17, 15) is 19.8 Å². The van der Waals surface area contributed by atoms with E-state index in [4.69, 9.17) is 4.42 Å². The molecule has 2 aromatic heterocycles. The minimum atomic E-state index is -1.29. The van der Waals surface area contributed by atoms with Gasteiger partial charge in [-0.05, 0) is 80.7 Å². The summed E-state index contributed by atoms with van der Waals surface area (Å²) in [7, 11) is 1.85. The summed E-state index contributed by atoms with van der Waals surface area (Å²) in [5.41, 5.74) is 2.93. The van der Waals surface area contributed by atoms with Crippen LogP contribution in [-0.4, -0.2) is 57.7 Å². The first-order chi connectivity index (χ1) is 23.3. The summed E-state index contributed by atoms with van der Waals surface area (Å²) in [6, 6.07) is 21.0. The number of phenolic OH excluding ortho intramolecular Hbond substituents is 1. The normalized spacial score (nSPS) is 15.1. The summed E-state index contributed by atoms with van der Waals surface area (Å²) in [5.74, 6) is 0.912. The van der Waals surface area contributed by atoms with Crippen LogP contribution in [0.4, 0.5) is 5.69 Å². The molecule has 6 rings (SSSR count). The standard InChI is InChI=1S/C37H43N5O5S/c1-42(23-30-22-39-35(47-30)37(46,27-8-4-2-5-9-27)28-10-6-3-7-11-28)24-32(44)40-29-15-12-25(13-16-29)18-20-38-21-19-26-14-17-31(43)33-34(26)48-36(45)41-33/h2,4-5,8-9,12-17,22,28,38,43,46H,3,6-7,10-11,18-21,23-24H2,1H3,(H,40,44)(H,41,45). The predicted octanol–water partition coefficient (Wildman–Crippen LogP) is 5.54. The van der Waals surface area contributed by atoms with Gasteiger partial charge in [0.05, 0.1) is 24.0 Å². The third kappa shape index (κ3) is 7.87. The number of carbonyl (C=O) groups is 1. The van der Waals surface area contributed by atoms with Crippen LogP contribution >= 0.6 is 11.3 Å². The molecule has 1 unspecified atom stereocenters. The van der Waals surface area contributed by atoms with Crippen molar-refractivity contribution in [3.63, 3.8) is 0 Å². The number of nitrogens with zero attached hydrogens (tertiary/aromatic N) is 2. The summed E-state index contributed by atoms with van der Waals surface area (Å²) in [4.78, 5) is 33.5. The zero-order valence-corrected chi connectivity index (χ0v) is 28.0. The van der Waals surface area contributed by atoms with Crippen molar-refractivity contribution in [1.29, 1.82) is 0 Å². The Morgan fingerprint density at radius 3 is 2.56 bits per heavy atom. The number of benzene rings is 3. The van der Waals surface area contributed by atoms with Crippen LogP contribution in [0, 0.1) is 5.92 Å². The van der Waals surface area contributed by atoms with Crippen LogP contribution in [0.5, 0.6) is 5.75 Å². The lowest BCUT2D eigenvalue weighted by atomic mass is 9.73. The third-order valence-electron chi connectivity index (χ3n) is 9.17. The number of aromatic amines is 1. The maximum absolute atomic E-state index is 12.8. The van der Waals surface area contributed by atoms with E-state index in [1.165, 1.54) is 6.42 Å². The number of likely N-dealkylation sites (N-methyl/N-ethyl adjacent to an activating group) is 1. The first-order valence-electron chi connectivity index (χ1n) is 16.6. The molecule has 0 aliphatic heterocycles. The molecule has 0 radical (unpaired) electrons. The van der Waals surface area contributed by atoms with Crippen molar-refractivity contribution < 1.29 is 19.4 Å². The van der Waals surface area contributed by atoms with Crippen LogP contribution < -0.4 is 15.5 Å². The van der Waals surface area contributed by atoms with Crippen molar-refractivity contribution in [3.8, 4) is 5.75 Å². The summed E-state index contributed by atoms with van der Waals surface area (Å²) in [6.07, 6.45) is 8.43. The molecule has 1 fully saturated rings. The Bertz CT molecular complexity index is 1860. The Labute approximate surface area is 283 Å². The maximum atomic E-state index is 12.8. The number of H-pyrrole nitrogens is 1. The highest BCUT2D eigenvalue weighted by Crippen LogP contribution is 2.43. The molecule has 5 N–H and O–H groups in total. The average Bonchev–Trinajstić information content (AvgIpc) is 3.74. The molecule has 5 aromatic rings. The number of phenols is 1. The SMILES string of the molecule is CN(CC(=O)Nc1ccc(CCNCCc2ccc(O)c3[nH]c(=O)sc23)cc1)Cc1cnc(C(O)(c2ccccc2)C2CCCCC2)o1. The van der Waals surface area contributed by atoms with Crippen molar-refractivity contribution in [2.24, 2.45) is 5.92 Å². The second-order valence-corrected chi connectivity index (χ2v) is 13.7. The second kappa shape index (κ2) is 15.3. The lowest BCUT2D eigenvalue weighted by Gasteiger charge is -2.36. The first-order valence-corrected chi connectivity index (χ1v) is 17.5. The quantitative estimate of drug-likeness (QED) is 0.0970. The largest absolute Gasteiger partial charge is 0.506 e. The van der Waals surface area contributed by atoms with Gasteiger partial charge in [-0.2, -0.15) is 0 Å². The van der Waals surface area contributed by atoms with E-state index in [2.05, 4.69) is 20.6 Å². The Hall–Kier alpha value is -4.29. The predicted molar refractivity (Wildman–Crippen MR) is 188 cm³/mol. The molecule has 1 amide bonds. The number of aliphatic hydroxyl groups is 1. The molecule has 1 atom stereocenters. The number of hydrogen-bond acceptors (Lipinski definition) is 9. The monoisotopic (exact) mass is 669 g/mol. The number of aromatic hydroxyl groups is 1. The number of oxazole rings is 1. The fourth-order valence-corrected chi connectivity index (χ4v) is 7.57. The molecule has 48 heavy (non-hydrogen) atoms. The molecule has 2 heterocycles. The van der Waals surface area contributed by atoms with E-state index >= 15 is 0 Å². The van der Waals surface area contributed by atoms with Crippen molar-refractivity contribution in [2.45, 2.75) is 57.1 Å². The van der Waals surface area contributed by atoms with Crippen LogP contribution in [0.25, 0.3) is 10.2 Å². The van der Waals surface area contributed by atoms with Gasteiger partial charge < -0.3 is 30.2 Å². The summed E-state index contributed by atoms with van der Waals surface area (Å²) >= 11 is 1.12. The fraction of sp³-hybridized carbons (Fsp3) is 0.378. The number of carbonyl (C=O) groups excluding carboxylic acids is 1. The van der Waals surface area contributed by atoms with Gasteiger partial charge in [0.2, 0.25) is 11.8 Å². The van der Waals surface area contributed by atoms with Gasteiger partial charge in [0.25, 0.3) is 0 Å². The second-order valence-electron chi connectivity index (χ2n) is 12.7. The van der Waals surface area contributed by atoms with E-state index in [1.807, 2.05) is 72.6 Å². The highest BCUT2D eigenvalue weighted by Gasteiger charge is 2.44. The number of hydrogen-bond donors (Lipinski definition) is 5.